The zero-order valence-corrected chi connectivity index (χ0v) is 25.1. The molecule has 42 heavy (non-hydrogen) atoms. The number of likely N-dealkylation sites (tertiary alicyclic amines) is 1. The summed E-state index contributed by atoms with van der Waals surface area (Å²) in [7, 11) is 0. The lowest BCUT2D eigenvalue weighted by Gasteiger charge is -2.43. The summed E-state index contributed by atoms with van der Waals surface area (Å²) in [4.78, 5) is 57.1. The van der Waals surface area contributed by atoms with Gasteiger partial charge in [-0.3, -0.25) is 19.3 Å². The number of ether oxygens (including phenoxy) is 1. The molecule has 0 spiro atoms. The van der Waals surface area contributed by atoms with Gasteiger partial charge in [-0.05, 0) is 60.3 Å². The second kappa shape index (κ2) is 10.1. The molecule has 7 unspecified atom stereocenters. The van der Waals surface area contributed by atoms with E-state index in [2.05, 4.69) is 36.2 Å². The number of aliphatic carboxylic acids is 1. The Morgan fingerprint density at radius 1 is 1.02 bits per heavy atom. The van der Waals surface area contributed by atoms with Crippen LogP contribution in [0.4, 0.5) is 0 Å². The summed E-state index contributed by atoms with van der Waals surface area (Å²) in [6, 6.07) is 15.1. The van der Waals surface area contributed by atoms with E-state index in [9.17, 15) is 24.3 Å². The number of carboxylic acid groups (broad SMARTS) is 1. The summed E-state index contributed by atoms with van der Waals surface area (Å²) in [6.07, 6.45) is 0.760. The molecule has 8 atom stereocenters. The predicted octanol–water partition coefficient (Wildman–Crippen LogP) is 4.91. The minimum Gasteiger partial charge on any atom is -0.489 e. The van der Waals surface area contributed by atoms with E-state index in [1.54, 1.807) is 25.6 Å². The number of rotatable bonds is 7. The average Bonchev–Trinajstić information content (AvgIpc) is 3.69. The first-order valence-electron chi connectivity index (χ1n) is 14.4. The SMILES string of the molecule is Cc1ccc(COc2ccc([C@H]3c4sc(=O)[nH]c4SC4C5CC(C6C(=O)N(C(C(=O)O)C(C)C)C(=O)C56)C43)cc2)cc1. The fraction of sp³-hybridized carbons (Fsp3) is 0.438. The molecule has 3 fully saturated rings. The number of hydrogen-bond donors (Lipinski definition) is 2. The number of amides is 2. The normalized spacial score (nSPS) is 29.9. The van der Waals surface area contributed by atoms with Crippen LogP contribution in [0.1, 0.15) is 47.8 Å². The number of thiazole rings is 1. The second-order valence-electron chi connectivity index (χ2n) is 12.4. The van der Waals surface area contributed by atoms with Gasteiger partial charge in [0.15, 0.2) is 0 Å². The van der Waals surface area contributed by atoms with Crippen LogP contribution in [-0.4, -0.2) is 44.1 Å². The molecule has 8 nitrogen and oxygen atoms in total. The molecule has 10 heteroatoms. The molecule has 2 saturated carbocycles. The number of carboxylic acids is 1. The lowest BCUT2D eigenvalue weighted by atomic mass is 9.68. The largest absolute Gasteiger partial charge is 0.489 e. The third-order valence-corrected chi connectivity index (χ3v) is 12.3. The number of aromatic nitrogens is 1. The van der Waals surface area contributed by atoms with Gasteiger partial charge in [0.25, 0.3) is 0 Å². The lowest BCUT2D eigenvalue weighted by molar-refractivity contribution is -0.157. The minimum absolute atomic E-state index is 0.0470. The van der Waals surface area contributed by atoms with Gasteiger partial charge in [-0.25, -0.2) is 4.79 Å². The summed E-state index contributed by atoms with van der Waals surface area (Å²) < 4.78 is 6.05. The van der Waals surface area contributed by atoms with Crippen molar-refractivity contribution in [1.29, 1.82) is 0 Å². The Morgan fingerprint density at radius 2 is 1.69 bits per heavy atom. The monoisotopic (exact) mass is 604 g/mol. The fourth-order valence-electron chi connectivity index (χ4n) is 8.00. The van der Waals surface area contributed by atoms with E-state index in [0.29, 0.717) is 6.61 Å². The van der Waals surface area contributed by atoms with Gasteiger partial charge in [0.05, 0.1) is 16.9 Å². The number of hydrogen-bond acceptors (Lipinski definition) is 7. The highest BCUT2D eigenvalue weighted by atomic mass is 32.2. The third kappa shape index (κ3) is 4.17. The average molecular weight is 605 g/mol. The van der Waals surface area contributed by atoms with Gasteiger partial charge in [0.1, 0.15) is 18.4 Å². The molecule has 2 bridgehead atoms. The van der Waals surface area contributed by atoms with Crippen molar-refractivity contribution in [2.24, 2.45) is 35.5 Å². The van der Waals surface area contributed by atoms with Gasteiger partial charge in [-0.1, -0.05) is 67.1 Å². The van der Waals surface area contributed by atoms with Crippen molar-refractivity contribution in [3.8, 4) is 5.75 Å². The van der Waals surface area contributed by atoms with Crippen LogP contribution in [0.15, 0.2) is 58.4 Å². The number of nitrogens with zero attached hydrogens (tertiary/aromatic N) is 1. The molecule has 1 saturated heterocycles. The topological polar surface area (TPSA) is 117 Å². The van der Waals surface area contributed by atoms with Crippen LogP contribution in [-0.2, 0) is 21.0 Å². The van der Waals surface area contributed by atoms with Crippen molar-refractivity contribution < 1.29 is 24.2 Å². The molecule has 218 valence electrons. The van der Waals surface area contributed by atoms with Crippen molar-refractivity contribution in [3.63, 3.8) is 0 Å². The maximum atomic E-state index is 13.8. The Labute approximate surface area is 251 Å². The first kappa shape index (κ1) is 27.5. The maximum absolute atomic E-state index is 13.8. The lowest BCUT2D eigenvalue weighted by Crippen LogP contribution is -2.49. The molecule has 2 aliphatic heterocycles. The molecule has 2 N–H and O–H groups in total. The van der Waals surface area contributed by atoms with Gasteiger partial charge < -0.3 is 14.8 Å². The predicted molar refractivity (Wildman–Crippen MR) is 159 cm³/mol. The molecule has 2 aromatic carbocycles. The highest BCUT2D eigenvalue weighted by Crippen LogP contribution is 2.68. The van der Waals surface area contributed by atoms with Crippen LogP contribution in [0.3, 0.4) is 0 Å². The van der Waals surface area contributed by atoms with Crippen molar-refractivity contribution in [2.75, 3.05) is 0 Å². The fourth-order valence-corrected chi connectivity index (χ4v) is 10.9. The van der Waals surface area contributed by atoms with Crippen LogP contribution in [0.2, 0.25) is 0 Å². The summed E-state index contributed by atoms with van der Waals surface area (Å²) >= 11 is 2.84. The van der Waals surface area contributed by atoms with Crippen LogP contribution < -0.4 is 9.61 Å². The van der Waals surface area contributed by atoms with Crippen LogP contribution in [0, 0.1) is 42.4 Å². The number of thioether (sulfide) groups is 1. The van der Waals surface area contributed by atoms with E-state index >= 15 is 0 Å². The standard InChI is InChI=1S/C32H32N2O6S2/c1-14(2)25(31(37)38)34-29(35)23-19-12-20(24(23)30(34)36)26-22(19)21(27-28(41-26)33-32(39)42-27)17-8-10-18(11-9-17)40-13-16-6-4-15(3)5-7-16/h4-11,14,19-26H,12-13H2,1-3H3,(H,33,39)(H,37,38)/t19?,20?,21-,22?,23?,24?,25?,26?/m1/s1. The van der Waals surface area contributed by atoms with E-state index in [4.69, 9.17) is 4.74 Å². The number of aromatic amines is 1. The molecule has 3 heterocycles. The van der Waals surface area contributed by atoms with Gasteiger partial charge in [0.2, 0.25) is 11.8 Å². The van der Waals surface area contributed by atoms with Crippen LogP contribution in [0.5, 0.6) is 5.75 Å². The van der Waals surface area contributed by atoms with Crippen molar-refractivity contribution in [3.05, 3.63) is 79.8 Å². The van der Waals surface area contributed by atoms with E-state index in [0.717, 1.165) is 38.1 Å². The molecule has 4 aliphatic rings. The third-order valence-electron chi connectivity index (χ3n) is 9.69. The van der Waals surface area contributed by atoms with E-state index in [1.807, 2.05) is 24.3 Å². The Balaban J connectivity index is 1.20. The molecular formula is C32H32N2O6S2. The Morgan fingerprint density at radius 3 is 2.33 bits per heavy atom. The summed E-state index contributed by atoms with van der Waals surface area (Å²) in [5.41, 5.74) is 3.33. The van der Waals surface area contributed by atoms with Crippen molar-refractivity contribution in [1.82, 2.24) is 9.88 Å². The zero-order chi connectivity index (χ0) is 29.4. The number of H-pyrrole nitrogens is 1. The van der Waals surface area contributed by atoms with Crippen molar-refractivity contribution >= 4 is 40.9 Å². The maximum Gasteiger partial charge on any atom is 0.327 e. The van der Waals surface area contributed by atoms with Crippen LogP contribution in [0.25, 0.3) is 0 Å². The molecule has 2 amide bonds. The first-order valence-corrected chi connectivity index (χ1v) is 16.1. The van der Waals surface area contributed by atoms with Gasteiger partial charge in [-0.2, -0.15) is 0 Å². The number of carbonyl (C=O) groups excluding carboxylic acids is 2. The molecule has 7 rings (SSSR count). The molecule has 3 aromatic rings. The Kier molecular flexibility index (Phi) is 6.62. The molecule has 0 radical (unpaired) electrons. The highest BCUT2D eigenvalue weighted by molar-refractivity contribution is 8.00. The molecule has 1 aromatic heterocycles. The number of nitrogens with one attached hydrogen (secondary N) is 1. The van der Waals surface area contributed by atoms with Gasteiger partial charge in [0, 0.05) is 16.0 Å². The van der Waals surface area contributed by atoms with E-state index < -0.39 is 23.8 Å². The number of imide groups is 1. The molecule has 2 aliphatic carbocycles. The highest BCUT2D eigenvalue weighted by Gasteiger charge is 2.70. The minimum atomic E-state index is -1.16. The number of aryl methyl sites for hydroxylation is 1. The van der Waals surface area contributed by atoms with Gasteiger partial charge in [-0.15, -0.1) is 11.8 Å². The summed E-state index contributed by atoms with van der Waals surface area (Å²) in [5, 5.41) is 10.8. The number of benzene rings is 2. The summed E-state index contributed by atoms with van der Waals surface area (Å²) in [5.74, 6) is -2.63. The van der Waals surface area contributed by atoms with Gasteiger partial charge >= 0.3 is 10.8 Å². The smallest absolute Gasteiger partial charge is 0.327 e. The molecular weight excluding hydrogens is 572 g/mol. The number of carbonyl (C=O) groups is 3. The van der Waals surface area contributed by atoms with E-state index in [-0.39, 0.29) is 51.5 Å². The second-order valence-corrected chi connectivity index (χ2v) is 14.6. The van der Waals surface area contributed by atoms with E-state index in [1.165, 1.54) is 16.9 Å². The quantitative estimate of drug-likeness (QED) is 0.368. The van der Waals surface area contributed by atoms with Crippen LogP contribution >= 0.6 is 23.1 Å². The Bertz CT molecular complexity index is 1630. The Hall–Kier alpha value is -3.37. The summed E-state index contributed by atoms with van der Waals surface area (Å²) in [6.45, 7) is 5.98. The van der Waals surface area contributed by atoms with Crippen molar-refractivity contribution in [2.45, 2.75) is 56.0 Å². The first-order chi connectivity index (χ1) is 20.1. The number of fused-ring (bicyclic) bond motifs is 9. The zero-order valence-electron chi connectivity index (χ0n) is 23.5.